The summed E-state index contributed by atoms with van der Waals surface area (Å²) < 4.78 is 4.94. The Morgan fingerprint density at radius 3 is 2.95 bits per heavy atom. The maximum absolute atomic E-state index is 12.0. The fourth-order valence-electron chi connectivity index (χ4n) is 1.97. The topological polar surface area (TPSA) is 76.1 Å². The summed E-state index contributed by atoms with van der Waals surface area (Å²) in [5, 5.41) is 6.89. The van der Waals surface area contributed by atoms with Gasteiger partial charge in [-0.25, -0.2) is 9.97 Å². The van der Waals surface area contributed by atoms with Gasteiger partial charge in [0, 0.05) is 25.6 Å². The van der Waals surface area contributed by atoms with E-state index in [0.717, 1.165) is 17.3 Å². The van der Waals surface area contributed by atoms with Crippen molar-refractivity contribution < 1.29 is 9.53 Å². The third-order valence-corrected chi connectivity index (χ3v) is 3.11. The Labute approximate surface area is 123 Å². The number of rotatable bonds is 7. The summed E-state index contributed by atoms with van der Waals surface area (Å²) >= 11 is 0. The molecule has 112 valence electrons. The van der Waals surface area contributed by atoms with Gasteiger partial charge in [0.1, 0.15) is 18.2 Å². The minimum absolute atomic E-state index is 0.0613. The first-order chi connectivity index (χ1) is 10.2. The minimum Gasteiger partial charge on any atom is -0.385 e. The Morgan fingerprint density at radius 2 is 2.14 bits per heavy atom. The molecule has 1 aromatic heterocycles. The number of nitrogens with zero attached hydrogens (tertiary/aromatic N) is 2. The first kappa shape index (κ1) is 15.2. The molecule has 21 heavy (non-hydrogen) atoms. The molecule has 0 aliphatic heterocycles. The first-order valence-electron chi connectivity index (χ1n) is 6.95. The van der Waals surface area contributed by atoms with Crippen molar-refractivity contribution in [2.24, 2.45) is 0 Å². The maximum Gasteiger partial charge on any atom is 0.242 e. The van der Waals surface area contributed by atoms with Crippen LogP contribution in [0.5, 0.6) is 0 Å². The lowest BCUT2D eigenvalue weighted by Crippen LogP contribution is -2.38. The minimum atomic E-state index is -0.370. The van der Waals surface area contributed by atoms with Crippen LogP contribution in [0.3, 0.4) is 0 Å². The number of anilines is 1. The van der Waals surface area contributed by atoms with Crippen molar-refractivity contribution >= 4 is 22.6 Å². The Bertz CT molecular complexity index is 598. The monoisotopic (exact) mass is 288 g/mol. The van der Waals surface area contributed by atoms with Crippen LogP contribution in [-0.2, 0) is 9.53 Å². The average molecular weight is 288 g/mol. The lowest BCUT2D eigenvalue weighted by atomic mass is 10.2. The van der Waals surface area contributed by atoms with E-state index in [-0.39, 0.29) is 11.9 Å². The second-order valence-electron chi connectivity index (χ2n) is 4.74. The van der Waals surface area contributed by atoms with Crippen molar-refractivity contribution in [2.45, 2.75) is 19.4 Å². The van der Waals surface area contributed by atoms with Crippen LogP contribution in [0.15, 0.2) is 30.6 Å². The zero-order chi connectivity index (χ0) is 15.1. The van der Waals surface area contributed by atoms with Crippen molar-refractivity contribution in [2.75, 3.05) is 25.6 Å². The number of hydrogen-bond acceptors (Lipinski definition) is 5. The van der Waals surface area contributed by atoms with E-state index in [0.29, 0.717) is 19.0 Å². The molecule has 0 aliphatic carbocycles. The van der Waals surface area contributed by atoms with Crippen molar-refractivity contribution in [3.8, 4) is 0 Å². The fraction of sp³-hybridized carbons (Fsp3) is 0.400. The average Bonchev–Trinajstić information content (AvgIpc) is 2.51. The molecule has 0 aliphatic rings. The fourth-order valence-corrected chi connectivity index (χ4v) is 1.97. The van der Waals surface area contributed by atoms with Crippen molar-refractivity contribution in [3.05, 3.63) is 30.6 Å². The number of para-hydroxylation sites is 1. The van der Waals surface area contributed by atoms with Gasteiger partial charge in [0.15, 0.2) is 0 Å². The van der Waals surface area contributed by atoms with Gasteiger partial charge in [0.25, 0.3) is 0 Å². The molecule has 1 unspecified atom stereocenters. The SMILES string of the molecule is COCCCNC(=O)C(C)Nc1ncnc2ccccc12. The summed E-state index contributed by atoms with van der Waals surface area (Å²) in [6, 6.07) is 7.32. The molecule has 2 rings (SSSR count). The van der Waals surface area contributed by atoms with Gasteiger partial charge in [-0.05, 0) is 25.5 Å². The highest BCUT2D eigenvalue weighted by Gasteiger charge is 2.14. The lowest BCUT2D eigenvalue weighted by molar-refractivity contribution is -0.121. The molecule has 0 spiro atoms. The van der Waals surface area contributed by atoms with Crippen molar-refractivity contribution in [1.82, 2.24) is 15.3 Å². The van der Waals surface area contributed by atoms with E-state index in [2.05, 4.69) is 20.6 Å². The molecule has 0 fully saturated rings. The van der Waals surface area contributed by atoms with Gasteiger partial charge in [-0.2, -0.15) is 0 Å². The zero-order valence-electron chi connectivity index (χ0n) is 12.3. The summed E-state index contributed by atoms with van der Waals surface area (Å²) in [5.41, 5.74) is 0.850. The zero-order valence-corrected chi connectivity index (χ0v) is 12.3. The molecule has 2 N–H and O–H groups in total. The van der Waals surface area contributed by atoms with E-state index < -0.39 is 0 Å². The summed E-state index contributed by atoms with van der Waals surface area (Å²) in [7, 11) is 1.65. The largest absolute Gasteiger partial charge is 0.385 e. The predicted molar refractivity (Wildman–Crippen MR) is 82.1 cm³/mol. The van der Waals surface area contributed by atoms with Gasteiger partial charge in [0.05, 0.1) is 5.52 Å². The van der Waals surface area contributed by atoms with Crippen LogP contribution in [0, 0.1) is 0 Å². The van der Waals surface area contributed by atoms with E-state index in [1.807, 2.05) is 31.2 Å². The molecule has 1 amide bonds. The van der Waals surface area contributed by atoms with Gasteiger partial charge in [-0.3, -0.25) is 4.79 Å². The molecule has 0 radical (unpaired) electrons. The summed E-state index contributed by atoms with van der Waals surface area (Å²) in [6.45, 7) is 3.05. The van der Waals surface area contributed by atoms with Gasteiger partial charge in [-0.15, -0.1) is 0 Å². The van der Waals surface area contributed by atoms with Crippen LogP contribution in [0.25, 0.3) is 10.9 Å². The number of nitrogens with one attached hydrogen (secondary N) is 2. The molecular formula is C15H20N4O2. The summed E-state index contributed by atoms with van der Waals surface area (Å²) in [5.74, 6) is 0.605. The van der Waals surface area contributed by atoms with Gasteiger partial charge >= 0.3 is 0 Å². The van der Waals surface area contributed by atoms with Crippen LogP contribution in [0.4, 0.5) is 5.82 Å². The highest BCUT2D eigenvalue weighted by Crippen LogP contribution is 2.18. The Kier molecular flexibility index (Phi) is 5.45. The van der Waals surface area contributed by atoms with Crippen LogP contribution < -0.4 is 10.6 Å². The molecule has 0 bridgehead atoms. The predicted octanol–water partition coefficient (Wildman–Crippen LogP) is 1.58. The van der Waals surface area contributed by atoms with E-state index in [4.69, 9.17) is 4.74 Å². The highest BCUT2D eigenvalue weighted by molar-refractivity contribution is 5.91. The third-order valence-electron chi connectivity index (χ3n) is 3.11. The first-order valence-corrected chi connectivity index (χ1v) is 6.95. The Morgan fingerprint density at radius 1 is 1.33 bits per heavy atom. The van der Waals surface area contributed by atoms with Crippen LogP contribution in [0.1, 0.15) is 13.3 Å². The highest BCUT2D eigenvalue weighted by atomic mass is 16.5. The maximum atomic E-state index is 12.0. The van der Waals surface area contributed by atoms with Crippen molar-refractivity contribution in [3.63, 3.8) is 0 Å². The van der Waals surface area contributed by atoms with Gasteiger partial charge in [-0.1, -0.05) is 12.1 Å². The molecule has 1 aromatic carbocycles. The molecule has 0 saturated heterocycles. The molecule has 1 heterocycles. The van der Waals surface area contributed by atoms with Gasteiger partial charge < -0.3 is 15.4 Å². The van der Waals surface area contributed by atoms with E-state index in [1.165, 1.54) is 6.33 Å². The number of benzene rings is 1. The van der Waals surface area contributed by atoms with E-state index >= 15 is 0 Å². The number of amides is 1. The second-order valence-corrected chi connectivity index (χ2v) is 4.74. The van der Waals surface area contributed by atoms with Gasteiger partial charge in [0.2, 0.25) is 5.91 Å². The van der Waals surface area contributed by atoms with Crippen LogP contribution in [0.2, 0.25) is 0 Å². The van der Waals surface area contributed by atoms with E-state index in [9.17, 15) is 4.79 Å². The number of hydrogen-bond donors (Lipinski definition) is 2. The normalized spacial score (nSPS) is 12.1. The smallest absolute Gasteiger partial charge is 0.242 e. The molecule has 1 atom stereocenters. The number of methoxy groups -OCH3 is 1. The standard InChI is InChI=1S/C15H20N4O2/c1-11(15(20)16-8-5-9-21-2)19-14-12-6-3-4-7-13(12)17-10-18-14/h3-4,6-7,10-11H,5,8-9H2,1-2H3,(H,16,20)(H,17,18,19). The number of carbonyl (C=O) groups is 1. The molecular weight excluding hydrogens is 268 g/mol. The summed E-state index contributed by atoms with van der Waals surface area (Å²) in [4.78, 5) is 20.4. The third kappa shape index (κ3) is 4.13. The van der Waals surface area contributed by atoms with Crippen LogP contribution >= 0.6 is 0 Å². The number of ether oxygens (including phenoxy) is 1. The molecule has 6 heteroatoms. The summed E-state index contributed by atoms with van der Waals surface area (Å²) in [6.07, 6.45) is 2.29. The number of aromatic nitrogens is 2. The lowest BCUT2D eigenvalue weighted by Gasteiger charge is -2.15. The molecule has 2 aromatic rings. The number of carbonyl (C=O) groups excluding carboxylic acids is 1. The van der Waals surface area contributed by atoms with Crippen molar-refractivity contribution in [1.29, 1.82) is 0 Å². The van der Waals surface area contributed by atoms with Crippen LogP contribution in [-0.4, -0.2) is 42.2 Å². The second kappa shape index (κ2) is 7.54. The molecule has 0 saturated carbocycles. The Hall–Kier alpha value is -2.21. The quantitative estimate of drug-likeness (QED) is 0.757. The Balaban J connectivity index is 1.98. The molecule has 6 nitrogen and oxygen atoms in total. The van der Waals surface area contributed by atoms with E-state index in [1.54, 1.807) is 7.11 Å². The number of fused-ring (bicyclic) bond motifs is 1.